The molecule has 1 fully saturated rings. The first-order valence-corrected chi connectivity index (χ1v) is 8.39. The van der Waals surface area contributed by atoms with Crippen molar-refractivity contribution in [2.24, 2.45) is 10.4 Å². The largest absolute Gasteiger partial charge is 0.515 e. The number of Topliss-reactive ketones (excluding diaryl/α,β-unsaturated/α-hetero) is 2. The Morgan fingerprint density at radius 1 is 1.11 bits per heavy atom. The molecule has 1 aliphatic rings. The molecule has 0 aromatic rings. The minimum atomic E-state index is -0.414. The topological polar surface area (TPSA) is 58.5 Å². The van der Waals surface area contributed by atoms with Crippen molar-refractivity contribution in [3.05, 3.63) is 18.6 Å². The van der Waals surface area contributed by atoms with E-state index in [-0.39, 0.29) is 127 Å². The molecule has 3 unspecified atom stereocenters. The summed E-state index contributed by atoms with van der Waals surface area (Å²) in [6.07, 6.45) is 3.76. The molecule has 1 saturated heterocycles. The van der Waals surface area contributed by atoms with E-state index in [1.165, 1.54) is 6.92 Å². The van der Waals surface area contributed by atoms with Crippen LogP contribution in [0.25, 0.3) is 0 Å². The van der Waals surface area contributed by atoms with Gasteiger partial charge in [-0.3, -0.25) is 21.8 Å². The quantitative estimate of drug-likeness (QED) is 0.344. The van der Waals surface area contributed by atoms with E-state index >= 15 is 0 Å². The Kier molecular flexibility index (Phi) is 33.1. The molecule has 28 heavy (non-hydrogen) atoms. The number of rotatable bonds is 3. The second-order valence-corrected chi connectivity index (χ2v) is 7.36. The maximum Gasteiger partial charge on any atom is 0.153 e. The van der Waals surface area contributed by atoms with Gasteiger partial charge in [0.05, 0.1) is 0 Å². The van der Waals surface area contributed by atoms with Crippen molar-refractivity contribution in [1.82, 2.24) is 5.32 Å². The number of aliphatic imine (C=N–C) groups is 1. The predicted octanol–water partition coefficient (Wildman–Crippen LogP) is 3.99. The minimum absolute atomic E-state index is 0. The molecule has 1 aliphatic heterocycles. The molecular formula is C20H36N2O2U2W2-2. The van der Waals surface area contributed by atoms with Gasteiger partial charge < -0.3 is 16.7 Å². The predicted molar refractivity (Wildman–Crippen MR) is 103 cm³/mol. The average molecular weight is 1180 g/mol. The first kappa shape index (κ1) is 44.0. The molecule has 8 heteroatoms. The summed E-state index contributed by atoms with van der Waals surface area (Å²) in [7, 11) is 0. The third-order valence-corrected chi connectivity index (χ3v) is 3.99. The van der Waals surface area contributed by atoms with Crippen LogP contribution in [0, 0.1) is 80.6 Å². The first-order valence-electron chi connectivity index (χ1n) is 8.39. The maximum absolute atomic E-state index is 11.3. The first-order chi connectivity index (χ1) is 10.7. The molecule has 1 rings (SSSR count). The number of ketones is 2. The molecule has 0 aliphatic carbocycles. The third-order valence-electron chi connectivity index (χ3n) is 3.99. The summed E-state index contributed by atoms with van der Waals surface area (Å²) in [5, 5.41) is 3.31. The minimum Gasteiger partial charge on any atom is -0.515 e. The van der Waals surface area contributed by atoms with Crippen LogP contribution in [0.4, 0.5) is 0 Å². The molecule has 0 bridgehead atoms. The zero-order valence-electron chi connectivity index (χ0n) is 19.0. The smallest absolute Gasteiger partial charge is 0.153 e. The van der Waals surface area contributed by atoms with Gasteiger partial charge in [-0.05, 0) is 45.5 Å². The van der Waals surface area contributed by atoms with E-state index in [0.29, 0.717) is 6.04 Å². The van der Waals surface area contributed by atoms with Crippen LogP contribution in [0.2, 0.25) is 0 Å². The molecule has 1 heterocycles. The van der Waals surface area contributed by atoms with E-state index in [4.69, 9.17) is 6.58 Å². The van der Waals surface area contributed by atoms with E-state index in [1.54, 1.807) is 27.0 Å². The van der Waals surface area contributed by atoms with E-state index < -0.39 is 5.54 Å². The van der Waals surface area contributed by atoms with Crippen LogP contribution in [-0.4, -0.2) is 35.4 Å². The van der Waals surface area contributed by atoms with Gasteiger partial charge in [-0.1, -0.05) is 41.5 Å². The molecule has 0 radical (unpaired) electrons. The summed E-state index contributed by atoms with van der Waals surface area (Å²) in [6, 6.07) is 0.214. The van der Waals surface area contributed by atoms with Crippen molar-refractivity contribution in [2.45, 2.75) is 86.9 Å². The van der Waals surface area contributed by atoms with Crippen molar-refractivity contribution in [3.8, 4) is 0 Å². The molecular weight excluding hydrogens is 1140 g/mol. The maximum atomic E-state index is 11.3. The second-order valence-electron chi connectivity index (χ2n) is 7.36. The fourth-order valence-electron chi connectivity index (χ4n) is 2.08. The van der Waals surface area contributed by atoms with Gasteiger partial charge in [0.15, 0.2) is 5.78 Å². The van der Waals surface area contributed by atoms with Crippen LogP contribution in [0.5, 0.6) is 0 Å². The van der Waals surface area contributed by atoms with Crippen LogP contribution in [0.1, 0.15) is 69.2 Å². The SMILES string of the molecule is CC(=O)C1(C)[CH-]C(C)(C)C(C)N1.CC=NC(C)C(C)=O.[CH-]=C(C)C.[U].[U].[W].[W]. The molecule has 0 saturated carbocycles. The van der Waals surface area contributed by atoms with Crippen LogP contribution in [0.3, 0.4) is 0 Å². The van der Waals surface area contributed by atoms with Gasteiger partial charge in [0, 0.05) is 104 Å². The summed E-state index contributed by atoms with van der Waals surface area (Å²) >= 11 is 0. The Morgan fingerprint density at radius 3 is 1.57 bits per heavy atom. The van der Waals surface area contributed by atoms with Crippen molar-refractivity contribution < 1.29 is 114 Å². The van der Waals surface area contributed by atoms with Gasteiger partial charge >= 0.3 is 0 Å². The Bertz CT molecular complexity index is 483. The van der Waals surface area contributed by atoms with E-state index in [9.17, 15) is 9.59 Å². The van der Waals surface area contributed by atoms with Gasteiger partial charge in [-0.15, -0.1) is 5.41 Å². The summed E-state index contributed by atoms with van der Waals surface area (Å²) in [4.78, 5) is 25.6. The number of nitrogens with zero attached hydrogens (tertiary/aromatic N) is 1. The Labute approximate surface area is 249 Å². The molecule has 160 valence electrons. The fraction of sp³-hybridized carbons (Fsp3) is 0.700. The van der Waals surface area contributed by atoms with Crippen molar-refractivity contribution in [1.29, 1.82) is 0 Å². The Balaban J connectivity index is -0.0000000674. The third kappa shape index (κ3) is 20.1. The zero-order chi connectivity index (χ0) is 19.7. The molecule has 0 spiro atoms. The second kappa shape index (κ2) is 21.1. The van der Waals surface area contributed by atoms with Crippen molar-refractivity contribution >= 4 is 17.8 Å². The van der Waals surface area contributed by atoms with Crippen molar-refractivity contribution in [3.63, 3.8) is 0 Å². The number of hydrogen-bond acceptors (Lipinski definition) is 4. The monoisotopic (exact) mass is 1180 g/mol. The van der Waals surface area contributed by atoms with Crippen molar-refractivity contribution in [2.75, 3.05) is 0 Å². The van der Waals surface area contributed by atoms with Gasteiger partial charge in [0.1, 0.15) is 11.8 Å². The molecule has 1 N–H and O–H groups in total. The van der Waals surface area contributed by atoms with Gasteiger partial charge in [0.2, 0.25) is 0 Å². The van der Waals surface area contributed by atoms with E-state index in [1.807, 2.05) is 20.8 Å². The standard InChI is InChI=1S/C10H18NO.C6H11NO.C4H7.2U.2W/c1-7-9(3,4)6-10(5,11-7)8(2)12;1-4-7-5(2)6(3)8;1-4(2)3;;;;/h6-7,11H,1-5H3;4-5H,1-3H3;1H,2-3H3;;;;/q-1;;-1;;;;. The number of carbonyl (C=O) groups excluding carboxylic acids is 2. The zero-order valence-corrected chi connectivity index (χ0v) is 33.2. The molecule has 4 nitrogen and oxygen atoms in total. The number of carbonyl (C=O) groups is 2. The Hall–Kier alpha value is 2.19. The summed E-state index contributed by atoms with van der Waals surface area (Å²) in [6.45, 7) is 23.9. The van der Waals surface area contributed by atoms with Gasteiger partial charge in [-0.2, -0.15) is 0 Å². The average Bonchev–Trinajstić information content (AvgIpc) is 2.59. The Morgan fingerprint density at radius 2 is 1.46 bits per heavy atom. The van der Waals surface area contributed by atoms with Crippen LogP contribution in [0.15, 0.2) is 10.6 Å². The van der Waals surface area contributed by atoms with Crippen LogP contribution in [-0.2, 0) is 51.7 Å². The van der Waals surface area contributed by atoms with E-state index in [0.717, 1.165) is 5.57 Å². The number of hydrogen-bond donors (Lipinski definition) is 1. The summed E-state index contributed by atoms with van der Waals surface area (Å²) < 4.78 is 0. The van der Waals surface area contributed by atoms with Crippen LogP contribution < -0.4 is 5.32 Å². The molecule has 3 atom stereocenters. The molecule has 0 amide bonds. The van der Waals surface area contributed by atoms with Crippen LogP contribution >= 0.6 is 0 Å². The number of allylic oxidation sites excluding steroid dienone is 1. The van der Waals surface area contributed by atoms with E-state index in [2.05, 4.69) is 37.5 Å². The molecule has 0 aromatic heterocycles. The fourth-order valence-corrected chi connectivity index (χ4v) is 2.08. The summed E-state index contributed by atoms with van der Waals surface area (Å²) in [5.74, 6) is 0.308. The normalized spacial score (nSPS) is 22.1. The van der Waals surface area contributed by atoms with Gasteiger partial charge in [0.25, 0.3) is 0 Å². The van der Waals surface area contributed by atoms with Gasteiger partial charge in [-0.25, -0.2) is 0 Å². The summed E-state index contributed by atoms with van der Waals surface area (Å²) in [5.41, 5.74) is 0.614. The molecule has 0 aromatic carbocycles. The number of nitrogens with one attached hydrogen (secondary N) is 1.